The quantitative estimate of drug-likeness (QED) is 0.756. The maximum absolute atomic E-state index is 12.5. The molecule has 3 heterocycles. The first-order valence-electron chi connectivity index (χ1n) is 9.33. The molecule has 0 aliphatic carbocycles. The van der Waals surface area contributed by atoms with Gasteiger partial charge in [0.05, 0.1) is 13.2 Å². The Morgan fingerprint density at radius 2 is 1.96 bits per heavy atom. The molecule has 2 aromatic heterocycles. The largest absolute Gasteiger partial charge is 0.379 e. The SMILES string of the molecule is Cc1cnc2cc(C(=O)Nc3ccc(CCN4CCOCC4)cc3)ccn12. The average Bonchev–Trinajstić information content (AvgIpc) is 3.08. The van der Waals surface area contributed by atoms with E-state index in [-0.39, 0.29) is 5.91 Å². The number of carbonyl (C=O) groups excluding carboxylic acids is 1. The van der Waals surface area contributed by atoms with Gasteiger partial charge in [-0.25, -0.2) is 4.98 Å². The molecule has 1 saturated heterocycles. The van der Waals surface area contributed by atoms with E-state index < -0.39 is 0 Å². The highest BCUT2D eigenvalue weighted by Crippen LogP contribution is 2.14. The van der Waals surface area contributed by atoms with Crippen molar-refractivity contribution in [1.29, 1.82) is 0 Å². The lowest BCUT2D eigenvalue weighted by molar-refractivity contribution is 0.0384. The number of rotatable bonds is 5. The second-order valence-corrected chi connectivity index (χ2v) is 6.90. The summed E-state index contributed by atoms with van der Waals surface area (Å²) in [5, 5.41) is 2.96. The molecule has 1 amide bonds. The third kappa shape index (κ3) is 4.18. The second-order valence-electron chi connectivity index (χ2n) is 6.90. The molecule has 1 aliphatic rings. The Morgan fingerprint density at radius 1 is 1.19 bits per heavy atom. The molecular weight excluding hydrogens is 340 g/mol. The van der Waals surface area contributed by atoms with Gasteiger partial charge in [0.1, 0.15) is 5.65 Å². The lowest BCUT2D eigenvalue weighted by Crippen LogP contribution is -2.37. The molecule has 1 fully saturated rings. The van der Waals surface area contributed by atoms with Gasteiger partial charge in [-0.3, -0.25) is 9.69 Å². The number of aryl methyl sites for hydroxylation is 1. The molecule has 0 spiro atoms. The highest BCUT2D eigenvalue weighted by Gasteiger charge is 2.11. The molecule has 6 heteroatoms. The maximum Gasteiger partial charge on any atom is 0.255 e. The van der Waals surface area contributed by atoms with Crippen LogP contribution in [0.5, 0.6) is 0 Å². The van der Waals surface area contributed by atoms with E-state index in [1.807, 2.05) is 35.7 Å². The summed E-state index contributed by atoms with van der Waals surface area (Å²) in [7, 11) is 0. The van der Waals surface area contributed by atoms with Crippen molar-refractivity contribution in [3.05, 3.63) is 65.6 Å². The molecule has 6 nitrogen and oxygen atoms in total. The number of imidazole rings is 1. The fraction of sp³-hybridized carbons (Fsp3) is 0.333. The van der Waals surface area contributed by atoms with Crippen LogP contribution >= 0.6 is 0 Å². The third-order valence-electron chi connectivity index (χ3n) is 4.99. The average molecular weight is 364 g/mol. The number of nitrogens with zero attached hydrogens (tertiary/aromatic N) is 3. The first-order chi connectivity index (χ1) is 13.2. The predicted molar refractivity (Wildman–Crippen MR) is 105 cm³/mol. The smallest absolute Gasteiger partial charge is 0.255 e. The molecule has 140 valence electrons. The van der Waals surface area contributed by atoms with Crippen molar-refractivity contribution < 1.29 is 9.53 Å². The van der Waals surface area contributed by atoms with Gasteiger partial charge in [-0.2, -0.15) is 0 Å². The van der Waals surface area contributed by atoms with E-state index in [1.54, 1.807) is 12.3 Å². The van der Waals surface area contributed by atoms with Gasteiger partial charge in [0.25, 0.3) is 5.91 Å². The first kappa shape index (κ1) is 17.7. The summed E-state index contributed by atoms with van der Waals surface area (Å²) in [5.41, 5.74) is 4.50. The summed E-state index contributed by atoms with van der Waals surface area (Å²) in [6.07, 6.45) is 4.68. The number of amides is 1. The molecular formula is C21H24N4O2. The van der Waals surface area contributed by atoms with Crippen molar-refractivity contribution >= 4 is 17.2 Å². The van der Waals surface area contributed by atoms with Gasteiger partial charge < -0.3 is 14.5 Å². The normalized spacial score (nSPS) is 15.1. The third-order valence-corrected chi connectivity index (χ3v) is 4.99. The van der Waals surface area contributed by atoms with Crippen LogP contribution in [-0.2, 0) is 11.2 Å². The Kier molecular flexibility index (Phi) is 5.18. The minimum absolute atomic E-state index is 0.126. The van der Waals surface area contributed by atoms with Crippen LogP contribution in [-0.4, -0.2) is 53.0 Å². The van der Waals surface area contributed by atoms with E-state index in [1.165, 1.54) is 5.56 Å². The van der Waals surface area contributed by atoms with E-state index in [4.69, 9.17) is 4.74 Å². The van der Waals surface area contributed by atoms with Gasteiger partial charge in [0.2, 0.25) is 0 Å². The van der Waals surface area contributed by atoms with Crippen molar-refractivity contribution in [3.8, 4) is 0 Å². The molecule has 0 bridgehead atoms. The van der Waals surface area contributed by atoms with E-state index in [2.05, 4.69) is 27.3 Å². The number of carbonyl (C=O) groups is 1. The summed E-state index contributed by atoms with van der Waals surface area (Å²) in [4.78, 5) is 19.2. The van der Waals surface area contributed by atoms with Crippen LogP contribution in [0.4, 0.5) is 5.69 Å². The Balaban J connectivity index is 1.36. The number of nitrogens with one attached hydrogen (secondary N) is 1. The van der Waals surface area contributed by atoms with Crippen LogP contribution in [0.1, 0.15) is 21.6 Å². The molecule has 3 aromatic rings. The maximum atomic E-state index is 12.5. The molecule has 0 atom stereocenters. The zero-order chi connectivity index (χ0) is 18.6. The number of ether oxygens (including phenoxy) is 1. The zero-order valence-corrected chi connectivity index (χ0v) is 15.5. The minimum atomic E-state index is -0.126. The van der Waals surface area contributed by atoms with Gasteiger partial charge in [-0.15, -0.1) is 0 Å². The van der Waals surface area contributed by atoms with Gasteiger partial charge in [-0.05, 0) is 43.2 Å². The molecule has 1 aliphatic heterocycles. The highest BCUT2D eigenvalue weighted by molar-refractivity contribution is 6.04. The number of anilines is 1. The molecule has 0 saturated carbocycles. The Labute approximate surface area is 158 Å². The summed E-state index contributed by atoms with van der Waals surface area (Å²) < 4.78 is 7.34. The summed E-state index contributed by atoms with van der Waals surface area (Å²) in [5.74, 6) is -0.126. The lowest BCUT2D eigenvalue weighted by atomic mass is 10.1. The fourth-order valence-electron chi connectivity index (χ4n) is 3.32. The van der Waals surface area contributed by atoms with Crippen LogP contribution in [0.25, 0.3) is 5.65 Å². The second kappa shape index (κ2) is 7.90. The number of fused-ring (bicyclic) bond motifs is 1. The summed E-state index contributed by atoms with van der Waals surface area (Å²) >= 11 is 0. The van der Waals surface area contributed by atoms with Gasteiger partial charge in [0.15, 0.2) is 0 Å². The topological polar surface area (TPSA) is 58.9 Å². The highest BCUT2D eigenvalue weighted by atomic mass is 16.5. The van der Waals surface area contributed by atoms with Crippen molar-refractivity contribution in [2.45, 2.75) is 13.3 Å². The lowest BCUT2D eigenvalue weighted by Gasteiger charge is -2.26. The number of hydrogen-bond acceptors (Lipinski definition) is 4. The monoisotopic (exact) mass is 364 g/mol. The number of aromatic nitrogens is 2. The predicted octanol–water partition coefficient (Wildman–Crippen LogP) is 2.77. The van der Waals surface area contributed by atoms with Crippen molar-refractivity contribution in [1.82, 2.24) is 14.3 Å². The van der Waals surface area contributed by atoms with E-state index in [0.717, 1.165) is 56.3 Å². The van der Waals surface area contributed by atoms with Crippen molar-refractivity contribution in [3.63, 3.8) is 0 Å². The van der Waals surface area contributed by atoms with Crippen LogP contribution in [0.15, 0.2) is 48.8 Å². The standard InChI is InChI=1S/C21H24N4O2/c1-16-15-22-20-14-18(7-9-25(16)20)21(26)23-19-4-2-17(3-5-19)6-8-24-10-12-27-13-11-24/h2-5,7,9,14-15H,6,8,10-13H2,1H3,(H,23,26). The summed E-state index contributed by atoms with van der Waals surface area (Å²) in [6.45, 7) is 6.70. The van der Waals surface area contributed by atoms with Gasteiger partial charge in [-0.1, -0.05) is 12.1 Å². The molecule has 1 aromatic carbocycles. The fourth-order valence-corrected chi connectivity index (χ4v) is 3.32. The Bertz CT molecular complexity index is 927. The molecule has 27 heavy (non-hydrogen) atoms. The number of benzene rings is 1. The summed E-state index contributed by atoms with van der Waals surface area (Å²) in [6, 6.07) is 11.7. The van der Waals surface area contributed by atoms with E-state index in [9.17, 15) is 4.79 Å². The Hall–Kier alpha value is -2.70. The van der Waals surface area contributed by atoms with Crippen LogP contribution < -0.4 is 5.32 Å². The Morgan fingerprint density at radius 3 is 2.74 bits per heavy atom. The van der Waals surface area contributed by atoms with Crippen LogP contribution in [0.3, 0.4) is 0 Å². The van der Waals surface area contributed by atoms with E-state index in [0.29, 0.717) is 5.56 Å². The number of hydrogen-bond donors (Lipinski definition) is 1. The van der Waals surface area contributed by atoms with Gasteiger partial charge >= 0.3 is 0 Å². The van der Waals surface area contributed by atoms with Crippen molar-refractivity contribution in [2.75, 3.05) is 38.2 Å². The molecule has 4 rings (SSSR count). The minimum Gasteiger partial charge on any atom is -0.379 e. The zero-order valence-electron chi connectivity index (χ0n) is 15.5. The van der Waals surface area contributed by atoms with Crippen LogP contribution in [0, 0.1) is 6.92 Å². The molecule has 1 N–H and O–H groups in total. The van der Waals surface area contributed by atoms with E-state index >= 15 is 0 Å². The van der Waals surface area contributed by atoms with Crippen molar-refractivity contribution in [2.24, 2.45) is 0 Å². The molecule has 0 unspecified atom stereocenters. The molecule has 0 radical (unpaired) electrons. The number of pyridine rings is 1. The first-order valence-corrected chi connectivity index (χ1v) is 9.33. The van der Waals surface area contributed by atoms with Gasteiger partial charge in [0, 0.05) is 49.0 Å². The van der Waals surface area contributed by atoms with Crippen LogP contribution in [0.2, 0.25) is 0 Å². The number of morpholine rings is 1.